The van der Waals surface area contributed by atoms with E-state index in [1.165, 1.54) is 0 Å². The van der Waals surface area contributed by atoms with Gasteiger partial charge in [-0.1, -0.05) is 19.8 Å². The SMILES string of the molecule is CCCN=C(C)c1c(C)c2cnc(Nc3cnc(N4CCNCC4)cn3)cc2n(C2CCCC2)c1=O. The summed E-state index contributed by atoms with van der Waals surface area (Å²) in [5, 5.41) is 7.64. The zero-order chi connectivity index (χ0) is 25.1. The lowest BCUT2D eigenvalue weighted by atomic mass is 10.0. The molecule has 0 atom stereocenters. The highest BCUT2D eigenvalue weighted by molar-refractivity contribution is 6.03. The van der Waals surface area contributed by atoms with Crippen LogP contribution in [0.2, 0.25) is 0 Å². The van der Waals surface area contributed by atoms with Crippen LogP contribution in [0.1, 0.15) is 63.1 Å². The summed E-state index contributed by atoms with van der Waals surface area (Å²) in [7, 11) is 0. The van der Waals surface area contributed by atoms with E-state index in [4.69, 9.17) is 0 Å². The van der Waals surface area contributed by atoms with E-state index in [-0.39, 0.29) is 11.6 Å². The molecule has 36 heavy (non-hydrogen) atoms. The van der Waals surface area contributed by atoms with Crippen LogP contribution < -0.4 is 21.1 Å². The first-order valence-electron chi connectivity index (χ1n) is 13.2. The van der Waals surface area contributed by atoms with Crippen LogP contribution >= 0.6 is 0 Å². The first-order chi connectivity index (χ1) is 17.6. The van der Waals surface area contributed by atoms with E-state index in [0.717, 1.165) is 98.4 Å². The van der Waals surface area contributed by atoms with E-state index < -0.39 is 0 Å². The maximum atomic E-state index is 13.9. The summed E-state index contributed by atoms with van der Waals surface area (Å²) in [6, 6.07) is 2.18. The minimum atomic E-state index is 0.0570. The number of aromatic nitrogens is 4. The molecule has 5 rings (SSSR count). The Morgan fingerprint density at radius 3 is 2.56 bits per heavy atom. The topological polar surface area (TPSA) is 100 Å². The monoisotopic (exact) mass is 488 g/mol. The van der Waals surface area contributed by atoms with Gasteiger partial charge in [-0.25, -0.2) is 15.0 Å². The third-order valence-electron chi connectivity index (χ3n) is 7.31. The number of pyridine rings is 2. The fourth-order valence-corrected chi connectivity index (χ4v) is 5.41. The summed E-state index contributed by atoms with van der Waals surface area (Å²) in [6.45, 7) is 10.6. The lowest BCUT2D eigenvalue weighted by Crippen LogP contribution is -2.43. The summed E-state index contributed by atoms with van der Waals surface area (Å²) in [5.41, 5.74) is 3.46. The zero-order valence-corrected chi connectivity index (χ0v) is 21.5. The molecule has 1 saturated heterocycles. The minimum Gasteiger partial charge on any atom is -0.353 e. The molecule has 2 N–H and O–H groups in total. The Morgan fingerprint density at radius 1 is 1.11 bits per heavy atom. The number of nitrogens with one attached hydrogen (secondary N) is 2. The number of rotatable bonds is 7. The molecular weight excluding hydrogens is 452 g/mol. The molecule has 2 aliphatic rings. The lowest BCUT2D eigenvalue weighted by molar-refractivity contribution is 0.518. The molecule has 0 bridgehead atoms. The Hall–Kier alpha value is -3.33. The molecule has 190 valence electrons. The molecule has 4 heterocycles. The Balaban J connectivity index is 1.52. The van der Waals surface area contributed by atoms with Gasteiger partial charge < -0.3 is 20.1 Å². The Labute approximate surface area is 212 Å². The standard InChI is InChI=1S/C27H36N8O/c1-4-9-29-19(3)26-18(2)21-15-30-23(14-22(21)35(27(26)36)20-7-5-6-8-20)33-24-16-32-25(17-31-24)34-12-10-28-11-13-34/h14-17,20,28H,4-13H2,1-3H3,(H,30,31,33). The van der Waals surface area contributed by atoms with Crippen molar-refractivity contribution in [3.63, 3.8) is 0 Å². The van der Waals surface area contributed by atoms with E-state index in [2.05, 4.69) is 42.4 Å². The van der Waals surface area contributed by atoms with Gasteiger partial charge in [0, 0.05) is 62.1 Å². The normalized spacial score (nSPS) is 17.2. The Morgan fingerprint density at radius 2 is 1.86 bits per heavy atom. The van der Waals surface area contributed by atoms with Crippen molar-refractivity contribution in [2.75, 3.05) is 42.9 Å². The molecule has 3 aromatic heterocycles. The molecule has 0 amide bonds. The van der Waals surface area contributed by atoms with Crippen LogP contribution in [0.15, 0.2) is 34.4 Å². The molecule has 1 aliphatic heterocycles. The van der Waals surface area contributed by atoms with Crippen molar-refractivity contribution in [1.29, 1.82) is 0 Å². The predicted octanol–water partition coefficient (Wildman–Crippen LogP) is 3.98. The molecule has 0 radical (unpaired) electrons. The second-order valence-electron chi connectivity index (χ2n) is 9.79. The molecular formula is C27H36N8O. The number of hydrogen-bond acceptors (Lipinski definition) is 8. The third kappa shape index (κ3) is 4.84. The van der Waals surface area contributed by atoms with Crippen molar-refractivity contribution in [3.8, 4) is 0 Å². The van der Waals surface area contributed by atoms with Crippen LogP contribution in [0.4, 0.5) is 17.5 Å². The van der Waals surface area contributed by atoms with Crippen LogP contribution in [0.25, 0.3) is 10.9 Å². The van der Waals surface area contributed by atoms with Gasteiger partial charge in [0.2, 0.25) is 0 Å². The molecule has 9 heteroatoms. The van der Waals surface area contributed by atoms with Crippen molar-refractivity contribution in [2.45, 2.75) is 58.9 Å². The van der Waals surface area contributed by atoms with E-state index in [0.29, 0.717) is 11.6 Å². The summed E-state index contributed by atoms with van der Waals surface area (Å²) >= 11 is 0. The van der Waals surface area contributed by atoms with Gasteiger partial charge in [-0.15, -0.1) is 0 Å². The van der Waals surface area contributed by atoms with Gasteiger partial charge in [0.1, 0.15) is 17.5 Å². The van der Waals surface area contributed by atoms with Crippen LogP contribution in [0.3, 0.4) is 0 Å². The number of anilines is 3. The summed E-state index contributed by atoms with van der Waals surface area (Å²) in [4.78, 5) is 34.6. The molecule has 2 fully saturated rings. The highest BCUT2D eigenvalue weighted by atomic mass is 16.1. The van der Waals surface area contributed by atoms with Gasteiger partial charge in [-0.3, -0.25) is 9.79 Å². The third-order valence-corrected chi connectivity index (χ3v) is 7.31. The van der Waals surface area contributed by atoms with Gasteiger partial charge in [-0.2, -0.15) is 0 Å². The second-order valence-corrected chi connectivity index (χ2v) is 9.79. The molecule has 0 unspecified atom stereocenters. The van der Waals surface area contributed by atoms with Gasteiger partial charge in [-0.05, 0) is 38.7 Å². The maximum Gasteiger partial charge on any atom is 0.260 e. The second kappa shape index (κ2) is 10.7. The molecule has 0 aromatic carbocycles. The number of aryl methyl sites for hydroxylation is 1. The zero-order valence-electron chi connectivity index (χ0n) is 21.5. The number of hydrogen-bond donors (Lipinski definition) is 2. The molecule has 1 aliphatic carbocycles. The van der Waals surface area contributed by atoms with E-state index in [1.807, 2.05) is 30.7 Å². The summed E-state index contributed by atoms with van der Waals surface area (Å²) < 4.78 is 2.00. The van der Waals surface area contributed by atoms with Gasteiger partial charge in [0.05, 0.1) is 23.5 Å². The van der Waals surface area contributed by atoms with Gasteiger partial charge in [0.15, 0.2) is 0 Å². The first kappa shape index (κ1) is 24.4. The van der Waals surface area contributed by atoms with Crippen molar-refractivity contribution >= 4 is 34.1 Å². The molecule has 9 nitrogen and oxygen atoms in total. The highest BCUT2D eigenvalue weighted by Gasteiger charge is 2.24. The average molecular weight is 489 g/mol. The van der Waals surface area contributed by atoms with Gasteiger partial charge in [0.25, 0.3) is 5.56 Å². The Kier molecular flexibility index (Phi) is 7.27. The predicted molar refractivity (Wildman–Crippen MR) is 146 cm³/mol. The average Bonchev–Trinajstić information content (AvgIpc) is 3.43. The summed E-state index contributed by atoms with van der Waals surface area (Å²) in [6.07, 6.45) is 10.7. The largest absolute Gasteiger partial charge is 0.353 e. The molecule has 3 aromatic rings. The van der Waals surface area contributed by atoms with Crippen molar-refractivity contribution in [2.24, 2.45) is 4.99 Å². The van der Waals surface area contributed by atoms with Crippen molar-refractivity contribution in [3.05, 3.63) is 46.1 Å². The van der Waals surface area contributed by atoms with E-state index in [9.17, 15) is 4.79 Å². The fraction of sp³-hybridized carbons (Fsp3) is 0.519. The molecule has 1 saturated carbocycles. The maximum absolute atomic E-state index is 13.9. The lowest BCUT2D eigenvalue weighted by Gasteiger charge is -2.28. The van der Waals surface area contributed by atoms with Gasteiger partial charge >= 0.3 is 0 Å². The highest BCUT2D eigenvalue weighted by Crippen LogP contribution is 2.33. The fourth-order valence-electron chi connectivity index (χ4n) is 5.41. The van der Waals surface area contributed by atoms with Crippen molar-refractivity contribution in [1.82, 2.24) is 24.8 Å². The smallest absolute Gasteiger partial charge is 0.260 e. The number of aliphatic imine (C=N–C) groups is 1. The quantitative estimate of drug-likeness (QED) is 0.485. The van der Waals surface area contributed by atoms with Crippen molar-refractivity contribution < 1.29 is 0 Å². The molecule has 0 spiro atoms. The minimum absolute atomic E-state index is 0.0570. The van der Waals surface area contributed by atoms with E-state index >= 15 is 0 Å². The van der Waals surface area contributed by atoms with Crippen LogP contribution in [-0.2, 0) is 0 Å². The van der Waals surface area contributed by atoms with Crippen LogP contribution in [0.5, 0.6) is 0 Å². The van der Waals surface area contributed by atoms with Crippen LogP contribution in [0, 0.1) is 6.92 Å². The summed E-state index contributed by atoms with van der Waals surface area (Å²) in [5.74, 6) is 2.17. The Bertz CT molecular complexity index is 1300. The number of piperazine rings is 1. The van der Waals surface area contributed by atoms with Crippen LogP contribution in [-0.4, -0.2) is 58.0 Å². The van der Waals surface area contributed by atoms with E-state index in [1.54, 1.807) is 12.4 Å². The first-order valence-corrected chi connectivity index (χ1v) is 13.2. The number of fused-ring (bicyclic) bond motifs is 1. The number of nitrogens with zero attached hydrogens (tertiary/aromatic N) is 6.